The average Bonchev–Trinajstić information content (AvgIpc) is 2.37. The van der Waals surface area contributed by atoms with Crippen LogP contribution in [0.3, 0.4) is 0 Å². The van der Waals surface area contributed by atoms with Gasteiger partial charge in [-0.3, -0.25) is 10.3 Å². The predicted molar refractivity (Wildman–Crippen MR) is 69.9 cm³/mol. The van der Waals surface area contributed by atoms with E-state index in [2.05, 4.69) is 15.0 Å². The summed E-state index contributed by atoms with van der Waals surface area (Å²) in [4.78, 5) is 17.1. The second-order valence-electron chi connectivity index (χ2n) is 3.49. The Morgan fingerprint density at radius 2 is 1.94 bits per heavy atom. The lowest BCUT2D eigenvalue weighted by Crippen LogP contribution is -2.23. The number of carbonyl (C=O) groups is 1. The number of hydrogen-bond acceptors (Lipinski definition) is 3. The third kappa shape index (κ3) is 3.48. The van der Waals surface area contributed by atoms with Crippen LogP contribution in [0.4, 0.5) is 16.2 Å². The average molecular weight is 235 g/mol. The van der Waals surface area contributed by atoms with Crippen LogP contribution in [0.25, 0.3) is 0 Å². The summed E-state index contributed by atoms with van der Waals surface area (Å²) >= 11 is 0. The quantitative estimate of drug-likeness (QED) is 0.632. The molecule has 0 saturated carbocycles. The summed E-state index contributed by atoms with van der Waals surface area (Å²) < 4.78 is 4.51. The molecule has 5 nitrogen and oxygen atoms in total. The van der Waals surface area contributed by atoms with Crippen LogP contribution >= 0.6 is 0 Å². The number of aliphatic imine (C=N–C) groups is 1. The number of rotatable bonds is 2. The third-order valence-corrected chi connectivity index (χ3v) is 2.50. The number of carbonyl (C=O) groups excluding carboxylic acids is 1. The van der Waals surface area contributed by atoms with Crippen molar-refractivity contribution >= 4 is 23.3 Å². The Balaban J connectivity index is 2.77. The van der Waals surface area contributed by atoms with Gasteiger partial charge in [-0.1, -0.05) is 0 Å². The lowest BCUT2D eigenvalue weighted by Gasteiger charge is -2.18. The third-order valence-electron chi connectivity index (χ3n) is 2.50. The van der Waals surface area contributed by atoms with Crippen LogP contribution in [0.2, 0.25) is 0 Å². The minimum atomic E-state index is -0.475. The Kier molecular flexibility index (Phi) is 4.51. The summed E-state index contributed by atoms with van der Waals surface area (Å²) in [5.41, 5.74) is 1.70. The monoisotopic (exact) mass is 235 g/mol. The fourth-order valence-electron chi connectivity index (χ4n) is 1.27. The van der Waals surface area contributed by atoms with Crippen molar-refractivity contribution in [2.24, 2.45) is 4.99 Å². The molecular weight excluding hydrogens is 218 g/mol. The van der Waals surface area contributed by atoms with E-state index in [0.717, 1.165) is 11.5 Å². The van der Waals surface area contributed by atoms with Gasteiger partial charge in [0.25, 0.3) is 0 Å². The van der Waals surface area contributed by atoms with Crippen molar-refractivity contribution in [3.8, 4) is 0 Å². The molecule has 1 N–H and O–H groups in total. The number of methoxy groups -OCH3 is 1. The zero-order chi connectivity index (χ0) is 12.8. The van der Waals surface area contributed by atoms with E-state index < -0.39 is 6.09 Å². The number of benzene rings is 1. The largest absolute Gasteiger partial charge is 0.453 e. The van der Waals surface area contributed by atoms with E-state index in [0.29, 0.717) is 5.69 Å². The summed E-state index contributed by atoms with van der Waals surface area (Å²) in [6.07, 6.45) is -0.475. The van der Waals surface area contributed by atoms with Crippen molar-refractivity contribution in [1.82, 2.24) is 0 Å². The molecule has 0 aliphatic rings. The van der Waals surface area contributed by atoms with E-state index in [-0.39, 0.29) is 0 Å². The molecule has 0 aliphatic heterocycles. The lowest BCUT2D eigenvalue weighted by atomic mass is 10.2. The minimum absolute atomic E-state index is 0.475. The van der Waals surface area contributed by atoms with E-state index in [9.17, 15) is 4.79 Å². The van der Waals surface area contributed by atoms with Crippen molar-refractivity contribution in [3.63, 3.8) is 0 Å². The first-order chi connectivity index (χ1) is 8.08. The molecule has 1 aromatic rings. The van der Waals surface area contributed by atoms with Crippen molar-refractivity contribution in [2.45, 2.75) is 6.92 Å². The lowest BCUT2D eigenvalue weighted by molar-refractivity contribution is 0.187. The molecule has 5 heteroatoms. The molecule has 0 heterocycles. The Hall–Kier alpha value is -2.04. The topological polar surface area (TPSA) is 53.9 Å². The van der Waals surface area contributed by atoms with Gasteiger partial charge in [0.15, 0.2) is 0 Å². The van der Waals surface area contributed by atoms with Gasteiger partial charge in [0.2, 0.25) is 0 Å². The highest BCUT2D eigenvalue weighted by Crippen LogP contribution is 2.17. The Morgan fingerprint density at radius 3 is 2.41 bits per heavy atom. The van der Waals surface area contributed by atoms with Gasteiger partial charge in [0.05, 0.1) is 12.9 Å². The van der Waals surface area contributed by atoms with Crippen LogP contribution in [0.5, 0.6) is 0 Å². The standard InChI is InChI=1S/C12H17N3O2/c1-9(13-2)15(3)11-7-5-10(6-8-11)14-12(16)17-4/h5-8H,1-4H3,(H,14,16). The summed E-state index contributed by atoms with van der Waals surface area (Å²) in [6.45, 7) is 1.93. The number of amidine groups is 1. The molecule has 0 aromatic heterocycles. The molecule has 92 valence electrons. The summed E-state index contributed by atoms with van der Waals surface area (Å²) in [7, 11) is 5.02. The predicted octanol–water partition coefficient (Wildman–Crippen LogP) is 2.35. The van der Waals surface area contributed by atoms with Crippen LogP contribution in [-0.2, 0) is 4.74 Å². The van der Waals surface area contributed by atoms with Crippen molar-refractivity contribution < 1.29 is 9.53 Å². The van der Waals surface area contributed by atoms with Crippen LogP contribution in [0, 0.1) is 0 Å². The van der Waals surface area contributed by atoms with E-state index in [1.165, 1.54) is 7.11 Å². The number of nitrogens with zero attached hydrogens (tertiary/aromatic N) is 2. The van der Waals surface area contributed by atoms with Gasteiger partial charge in [0.1, 0.15) is 0 Å². The molecule has 0 fully saturated rings. The SMILES string of the molecule is CN=C(C)N(C)c1ccc(NC(=O)OC)cc1. The first-order valence-corrected chi connectivity index (χ1v) is 5.20. The summed E-state index contributed by atoms with van der Waals surface area (Å²) in [5, 5.41) is 2.59. The van der Waals surface area contributed by atoms with Crippen molar-refractivity contribution in [1.29, 1.82) is 0 Å². The normalized spacial score (nSPS) is 10.9. The highest BCUT2D eigenvalue weighted by Gasteiger charge is 2.04. The Bertz CT molecular complexity index is 412. The number of ether oxygens (including phenoxy) is 1. The van der Waals surface area contributed by atoms with Gasteiger partial charge < -0.3 is 9.64 Å². The first kappa shape index (κ1) is 13.0. The van der Waals surface area contributed by atoms with Crippen LogP contribution in [0.15, 0.2) is 29.3 Å². The maximum Gasteiger partial charge on any atom is 0.411 e. The van der Waals surface area contributed by atoms with Crippen molar-refractivity contribution in [2.75, 3.05) is 31.4 Å². The smallest absolute Gasteiger partial charge is 0.411 e. The molecule has 17 heavy (non-hydrogen) atoms. The molecule has 1 amide bonds. The second-order valence-corrected chi connectivity index (χ2v) is 3.49. The highest BCUT2D eigenvalue weighted by atomic mass is 16.5. The van der Waals surface area contributed by atoms with E-state index in [4.69, 9.17) is 0 Å². The van der Waals surface area contributed by atoms with Crippen LogP contribution < -0.4 is 10.2 Å². The zero-order valence-electron chi connectivity index (χ0n) is 10.5. The molecular formula is C12H17N3O2. The van der Waals surface area contributed by atoms with E-state index in [1.54, 1.807) is 7.05 Å². The Morgan fingerprint density at radius 1 is 1.35 bits per heavy atom. The highest BCUT2D eigenvalue weighted by molar-refractivity contribution is 5.95. The number of hydrogen-bond donors (Lipinski definition) is 1. The molecule has 1 rings (SSSR count). The van der Waals surface area contributed by atoms with Gasteiger partial charge in [-0.05, 0) is 31.2 Å². The summed E-state index contributed by atoms with van der Waals surface area (Å²) in [5.74, 6) is 0.915. The molecule has 0 aliphatic carbocycles. The molecule has 1 aromatic carbocycles. The van der Waals surface area contributed by atoms with Gasteiger partial charge in [-0.25, -0.2) is 4.79 Å². The van der Waals surface area contributed by atoms with Gasteiger partial charge in [-0.15, -0.1) is 0 Å². The number of amides is 1. The van der Waals surface area contributed by atoms with Crippen LogP contribution in [-0.4, -0.2) is 33.1 Å². The molecule has 0 radical (unpaired) electrons. The first-order valence-electron chi connectivity index (χ1n) is 5.20. The van der Waals surface area contributed by atoms with Gasteiger partial charge >= 0.3 is 6.09 Å². The van der Waals surface area contributed by atoms with Crippen molar-refractivity contribution in [3.05, 3.63) is 24.3 Å². The second kappa shape index (κ2) is 5.89. The van der Waals surface area contributed by atoms with E-state index in [1.807, 2.05) is 43.1 Å². The maximum absolute atomic E-state index is 11.0. The number of nitrogens with one attached hydrogen (secondary N) is 1. The maximum atomic E-state index is 11.0. The fourth-order valence-corrected chi connectivity index (χ4v) is 1.27. The van der Waals surface area contributed by atoms with Crippen LogP contribution in [0.1, 0.15) is 6.92 Å². The minimum Gasteiger partial charge on any atom is -0.453 e. The van der Waals surface area contributed by atoms with Gasteiger partial charge in [0, 0.05) is 25.5 Å². The Labute approximate surface area is 101 Å². The fraction of sp³-hybridized carbons (Fsp3) is 0.333. The van der Waals surface area contributed by atoms with Gasteiger partial charge in [-0.2, -0.15) is 0 Å². The molecule has 0 atom stereocenters. The van der Waals surface area contributed by atoms with E-state index >= 15 is 0 Å². The molecule has 0 unspecified atom stereocenters. The summed E-state index contributed by atoms with van der Waals surface area (Å²) in [6, 6.07) is 7.43. The molecule has 0 bridgehead atoms. The zero-order valence-corrected chi connectivity index (χ0v) is 10.5. The molecule has 0 spiro atoms. The molecule has 0 saturated heterocycles. The number of anilines is 2.